The zero-order chi connectivity index (χ0) is 9.84. The number of rotatable bonds is 2. The number of halogens is 1. The van der Waals surface area contributed by atoms with Crippen LogP contribution in [0.3, 0.4) is 0 Å². The van der Waals surface area contributed by atoms with Crippen LogP contribution in [0.25, 0.3) is 0 Å². The Hall–Kier alpha value is -1.29. The predicted octanol–water partition coefficient (Wildman–Crippen LogP) is 1.56. The Kier molecular flexibility index (Phi) is 3.08. The van der Waals surface area contributed by atoms with Gasteiger partial charge < -0.3 is 10.1 Å². The van der Waals surface area contributed by atoms with Crippen LogP contribution in [0.5, 0.6) is 0 Å². The van der Waals surface area contributed by atoms with Crippen LogP contribution in [0.1, 0.15) is 10.4 Å². The molecule has 0 aliphatic carbocycles. The van der Waals surface area contributed by atoms with Gasteiger partial charge in [0.15, 0.2) is 0 Å². The molecule has 5 heteroatoms. The van der Waals surface area contributed by atoms with Crippen LogP contribution in [-0.2, 0) is 4.74 Å². The second-order valence-electron chi connectivity index (χ2n) is 2.29. The quantitative estimate of drug-likeness (QED) is 0.737. The maximum atomic E-state index is 11.2. The molecular formula is C8H9ClN2O2. The number of carbonyl (C=O) groups is 1. The Bertz CT molecular complexity index is 328. The molecule has 0 bridgehead atoms. The van der Waals surface area contributed by atoms with E-state index >= 15 is 0 Å². The van der Waals surface area contributed by atoms with Crippen LogP contribution in [0, 0.1) is 0 Å². The summed E-state index contributed by atoms with van der Waals surface area (Å²) in [6, 6.07) is 1.51. The van der Waals surface area contributed by atoms with Gasteiger partial charge in [0.1, 0.15) is 11.4 Å². The van der Waals surface area contributed by atoms with Crippen molar-refractivity contribution in [2.24, 2.45) is 0 Å². The minimum atomic E-state index is -0.459. The molecule has 1 N–H and O–H groups in total. The van der Waals surface area contributed by atoms with E-state index < -0.39 is 5.97 Å². The van der Waals surface area contributed by atoms with Gasteiger partial charge in [0.25, 0.3) is 0 Å². The molecule has 0 fully saturated rings. The van der Waals surface area contributed by atoms with E-state index in [2.05, 4.69) is 15.0 Å². The molecule has 0 spiro atoms. The molecular weight excluding hydrogens is 192 g/mol. The van der Waals surface area contributed by atoms with E-state index in [1.54, 1.807) is 7.05 Å². The molecule has 0 aliphatic heterocycles. The van der Waals surface area contributed by atoms with Crippen molar-refractivity contribution in [3.63, 3.8) is 0 Å². The Labute approximate surface area is 80.9 Å². The fourth-order valence-electron chi connectivity index (χ4n) is 0.904. The number of hydrogen-bond donors (Lipinski definition) is 1. The van der Waals surface area contributed by atoms with Crippen molar-refractivity contribution in [3.05, 3.63) is 22.8 Å². The molecule has 0 unspecified atom stereocenters. The molecule has 0 atom stereocenters. The summed E-state index contributed by atoms with van der Waals surface area (Å²) in [4.78, 5) is 15.1. The zero-order valence-corrected chi connectivity index (χ0v) is 8.05. The molecule has 70 valence electrons. The molecule has 0 aliphatic rings. The number of esters is 1. The Morgan fingerprint density at radius 2 is 2.38 bits per heavy atom. The van der Waals surface area contributed by atoms with E-state index in [0.717, 1.165) is 0 Å². The first kappa shape index (κ1) is 9.80. The molecule has 0 saturated heterocycles. The molecule has 0 amide bonds. The van der Waals surface area contributed by atoms with Crippen molar-refractivity contribution in [1.82, 2.24) is 4.98 Å². The van der Waals surface area contributed by atoms with E-state index in [9.17, 15) is 4.79 Å². The highest BCUT2D eigenvalue weighted by Gasteiger charge is 2.12. The number of anilines is 1. The average Bonchev–Trinajstić information content (AvgIpc) is 2.16. The first-order valence-corrected chi connectivity index (χ1v) is 3.98. The van der Waals surface area contributed by atoms with Crippen molar-refractivity contribution >= 4 is 23.4 Å². The molecule has 0 radical (unpaired) electrons. The van der Waals surface area contributed by atoms with E-state index in [4.69, 9.17) is 11.6 Å². The maximum absolute atomic E-state index is 11.2. The predicted molar refractivity (Wildman–Crippen MR) is 50.1 cm³/mol. The van der Waals surface area contributed by atoms with Gasteiger partial charge in [0, 0.05) is 13.2 Å². The van der Waals surface area contributed by atoms with Gasteiger partial charge >= 0.3 is 5.97 Å². The fraction of sp³-hybridized carbons (Fsp3) is 0.250. The second kappa shape index (κ2) is 4.09. The minimum Gasteiger partial charge on any atom is -0.465 e. The average molecular weight is 201 g/mol. The first-order valence-electron chi connectivity index (χ1n) is 3.60. The zero-order valence-electron chi connectivity index (χ0n) is 7.30. The van der Waals surface area contributed by atoms with Crippen LogP contribution < -0.4 is 5.32 Å². The van der Waals surface area contributed by atoms with Crippen molar-refractivity contribution in [2.75, 3.05) is 19.5 Å². The third-order valence-electron chi connectivity index (χ3n) is 1.50. The van der Waals surface area contributed by atoms with Crippen LogP contribution in [0.4, 0.5) is 5.82 Å². The van der Waals surface area contributed by atoms with Gasteiger partial charge in [-0.1, -0.05) is 11.6 Å². The van der Waals surface area contributed by atoms with Gasteiger partial charge in [-0.2, -0.15) is 0 Å². The highest BCUT2D eigenvalue weighted by atomic mass is 35.5. The van der Waals surface area contributed by atoms with Crippen LogP contribution in [0.15, 0.2) is 12.3 Å². The molecule has 4 nitrogen and oxygen atoms in total. The van der Waals surface area contributed by atoms with E-state index in [1.807, 2.05) is 0 Å². The van der Waals surface area contributed by atoms with E-state index in [0.29, 0.717) is 16.4 Å². The summed E-state index contributed by atoms with van der Waals surface area (Å²) >= 11 is 5.68. The number of ether oxygens (including phenoxy) is 1. The van der Waals surface area contributed by atoms with Gasteiger partial charge in [-0.25, -0.2) is 9.78 Å². The summed E-state index contributed by atoms with van der Waals surface area (Å²) in [7, 11) is 2.98. The Morgan fingerprint density at radius 1 is 1.69 bits per heavy atom. The van der Waals surface area contributed by atoms with Gasteiger partial charge in [0.2, 0.25) is 0 Å². The van der Waals surface area contributed by atoms with Crippen molar-refractivity contribution in [2.45, 2.75) is 0 Å². The number of methoxy groups -OCH3 is 1. The third-order valence-corrected chi connectivity index (χ3v) is 1.70. The normalized spacial score (nSPS) is 9.46. The number of pyridine rings is 1. The number of hydrogen-bond acceptors (Lipinski definition) is 4. The Morgan fingerprint density at radius 3 is 2.92 bits per heavy atom. The van der Waals surface area contributed by atoms with Crippen LogP contribution >= 0.6 is 11.6 Å². The monoisotopic (exact) mass is 200 g/mol. The summed E-state index contributed by atoms with van der Waals surface area (Å²) in [6.45, 7) is 0. The number of carbonyl (C=O) groups excluding carboxylic acids is 1. The molecule has 0 saturated carbocycles. The molecule has 1 aromatic rings. The van der Waals surface area contributed by atoms with Gasteiger partial charge in [-0.05, 0) is 6.07 Å². The summed E-state index contributed by atoms with van der Waals surface area (Å²) in [5, 5.41) is 3.17. The van der Waals surface area contributed by atoms with E-state index in [1.165, 1.54) is 19.4 Å². The summed E-state index contributed by atoms with van der Waals surface area (Å²) in [5.74, 6) is -0.00407. The van der Waals surface area contributed by atoms with Gasteiger partial charge in [-0.15, -0.1) is 0 Å². The van der Waals surface area contributed by atoms with Gasteiger partial charge in [-0.3, -0.25) is 0 Å². The maximum Gasteiger partial charge on any atom is 0.341 e. The number of nitrogens with zero attached hydrogens (tertiary/aromatic N) is 1. The standard InChI is InChI=1S/C8H9ClN2O2/c1-10-7-6(8(12)13-2)3-5(9)4-11-7/h3-4H,1-2H3,(H,10,11). The lowest BCUT2D eigenvalue weighted by atomic mass is 10.2. The summed E-state index contributed by atoms with van der Waals surface area (Å²) in [5.41, 5.74) is 0.331. The lowest BCUT2D eigenvalue weighted by Gasteiger charge is -2.05. The SMILES string of the molecule is CNc1ncc(Cl)cc1C(=O)OC. The van der Waals surface area contributed by atoms with Crippen molar-refractivity contribution in [1.29, 1.82) is 0 Å². The first-order chi connectivity index (χ1) is 6.19. The largest absolute Gasteiger partial charge is 0.465 e. The Balaban J connectivity index is 3.15. The highest BCUT2D eigenvalue weighted by Crippen LogP contribution is 2.17. The number of nitrogens with one attached hydrogen (secondary N) is 1. The topological polar surface area (TPSA) is 51.2 Å². The lowest BCUT2D eigenvalue weighted by Crippen LogP contribution is -2.07. The highest BCUT2D eigenvalue weighted by molar-refractivity contribution is 6.30. The van der Waals surface area contributed by atoms with E-state index in [-0.39, 0.29) is 0 Å². The minimum absolute atomic E-state index is 0.331. The van der Waals surface area contributed by atoms with Gasteiger partial charge in [0.05, 0.1) is 12.1 Å². The third kappa shape index (κ3) is 2.09. The fourth-order valence-corrected chi connectivity index (χ4v) is 1.06. The molecule has 1 aromatic heterocycles. The van der Waals surface area contributed by atoms with Crippen molar-refractivity contribution in [3.8, 4) is 0 Å². The molecule has 13 heavy (non-hydrogen) atoms. The van der Waals surface area contributed by atoms with Crippen LogP contribution in [0.2, 0.25) is 5.02 Å². The number of aromatic nitrogens is 1. The van der Waals surface area contributed by atoms with Crippen LogP contribution in [-0.4, -0.2) is 25.1 Å². The van der Waals surface area contributed by atoms with Crippen molar-refractivity contribution < 1.29 is 9.53 Å². The smallest absolute Gasteiger partial charge is 0.341 e. The second-order valence-corrected chi connectivity index (χ2v) is 2.73. The summed E-state index contributed by atoms with van der Waals surface area (Å²) < 4.78 is 4.56. The molecule has 0 aromatic carbocycles. The summed E-state index contributed by atoms with van der Waals surface area (Å²) in [6.07, 6.45) is 1.46. The lowest BCUT2D eigenvalue weighted by molar-refractivity contribution is 0.0601. The molecule has 1 rings (SSSR count). The molecule has 1 heterocycles.